The zero-order valence-corrected chi connectivity index (χ0v) is 11.4. The lowest BCUT2D eigenvalue weighted by atomic mass is 9.84. The van der Waals surface area contributed by atoms with Gasteiger partial charge in [0.2, 0.25) is 0 Å². The molecule has 19 heavy (non-hydrogen) atoms. The Balaban J connectivity index is 1.71. The zero-order valence-electron chi connectivity index (χ0n) is 11.4. The van der Waals surface area contributed by atoms with E-state index in [0.29, 0.717) is 24.6 Å². The predicted molar refractivity (Wildman–Crippen MR) is 77.9 cm³/mol. The minimum absolute atomic E-state index is 0.318. The average Bonchev–Trinajstić information content (AvgIpc) is 2.82. The van der Waals surface area contributed by atoms with Crippen molar-refractivity contribution in [3.63, 3.8) is 0 Å². The smallest absolute Gasteiger partial charge is 0.0474 e. The summed E-state index contributed by atoms with van der Waals surface area (Å²) in [5, 5.41) is 13.3. The number of rotatable bonds is 3. The molecule has 0 amide bonds. The number of nitrogen functional groups attached to an aromatic ring is 1. The van der Waals surface area contributed by atoms with Gasteiger partial charge in [0.05, 0.1) is 0 Å². The summed E-state index contributed by atoms with van der Waals surface area (Å²) in [4.78, 5) is 0. The molecule has 3 atom stereocenters. The summed E-state index contributed by atoms with van der Waals surface area (Å²) in [6, 6.07) is 7.22. The monoisotopic (exact) mass is 260 g/mol. The number of benzene rings is 1. The van der Waals surface area contributed by atoms with Crippen molar-refractivity contribution in [3.05, 3.63) is 29.3 Å². The Morgan fingerprint density at radius 3 is 2.89 bits per heavy atom. The molecule has 3 nitrogen and oxygen atoms in total. The normalized spacial score (nSPS) is 30.3. The third kappa shape index (κ3) is 2.63. The van der Waals surface area contributed by atoms with E-state index in [4.69, 9.17) is 5.73 Å². The van der Waals surface area contributed by atoms with E-state index < -0.39 is 0 Å². The van der Waals surface area contributed by atoms with Crippen LogP contribution >= 0.6 is 0 Å². The van der Waals surface area contributed by atoms with Crippen LogP contribution in [0.4, 0.5) is 5.69 Å². The number of anilines is 1. The van der Waals surface area contributed by atoms with E-state index in [1.165, 1.54) is 30.4 Å². The molecule has 1 saturated carbocycles. The molecular formula is C16H24N2O. The van der Waals surface area contributed by atoms with Crippen molar-refractivity contribution in [2.75, 3.05) is 12.3 Å². The molecule has 0 aliphatic heterocycles. The number of hydrogen-bond acceptors (Lipinski definition) is 3. The van der Waals surface area contributed by atoms with Gasteiger partial charge in [0.25, 0.3) is 0 Å². The number of aliphatic hydroxyl groups excluding tert-OH is 1. The topological polar surface area (TPSA) is 58.3 Å². The van der Waals surface area contributed by atoms with Gasteiger partial charge in [-0.1, -0.05) is 18.9 Å². The van der Waals surface area contributed by atoms with Gasteiger partial charge in [-0.2, -0.15) is 0 Å². The Hall–Kier alpha value is -1.06. The van der Waals surface area contributed by atoms with Crippen LogP contribution in [-0.2, 0) is 6.42 Å². The number of aliphatic hydroxyl groups is 1. The van der Waals surface area contributed by atoms with Gasteiger partial charge >= 0.3 is 0 Å². The molecule has 3 rings (SSSR count). The summed E-state index contributed by atoms with van der Waals surface area (Å²) in [6.45, 7) is 0.318. The summed E-state index contributed by atoms with van der Waals surface area (Å²) in [6.07, 6.45) is 7.19. The van der Waals surface area contributed by atoms with E-state index in [2.05, 4.69) is 17.4 Å². The first-order chi connectivity index (χ1) is 9.28. The molecule has 4 N–H and O–H groups in total. The fourth-order valence-corrected chi connectivity index (χ4v) is 3.71. The van der Waals surface area contributed by atoms with Crippen molar-refractivity contribution in [1.29, 1.82) is 0 Å². The highest BCUT2D eigenvalue weighted by Crippen LogP contribution is 2.35. The van der Waals surface area contributed by atoms with Gasteiger partial charge in [-0.05, 0) is 54.9 Å². The maximum absolute atomic E-state index is 9.51. The molecular weight excluding hydrogens is 236 g/mol. The Kier molecular flexibility index (Phi) is 3.76. The van der Waals surface area contributed by atoms with Gasteiger partial charge in [0.15, 0.2) is 0 Å². The fraction of sp³-hybridized carbons (Fsp3) is 0.625. The SMILES string of the molecule is Nc1ccc2c(c1)CCC2NC1CCCCC1CO. The van der Waals surface area contributed by atoms with Crippen molar-refractivity contribution >= 4 is 5.69 Å². The van der Waals surface area contributed by atoms with Crippen LogP contribution in [0.5, 0.6) is 0 Å². The van der Waals surface area contributed by atoms with Gasteiger partial charge in [-0.3, -0.25) is 0 Å². The van der Waals surface area contributed by atoms with E-state index in [9.17, 15) is 5.11 Å². The first-order valence-corrected chi connectivity index (χ1v) is 7.53. The van der Waals surface area contributed by atoms with Crippen molar-refractivity contribution in [2.24, 2.45) is 5.92 Å². The molecule has 0 bridgehead atoms. The van der Waals surface area contributed by atoms with Crippen LogP contribution in [0.25, 0.3) is 0 Å². The second-order valence-corrected chi connectivity index (χ2v) is 6.05. The fourth-order valence-electron chi connectivity index (χ4n) is 3.71. The Morgan fingerprint density at radius 2 is 2.05 bits per heavy atom. The van der Waals surface area contributed by atoms with Crippen LogP contribution in [-0.4, -0.2) is 17.8 Å². The predicted octanol–water partition coefficient (Wildman–Crippen LogP) is 2.40. The molecule has 1 fully saturated rings. The van der Waals surface area contributed by atoms with E-state index in [1.54, 1.807) is 0 Å². The molecule has 3 unspecified atom stereocenters. The van der Waals surface area contributed by atoms with E-state index in [1.807, 2.05) is 6.07 Å². The van der Waals surface area contributed by atoms with Gasteiger partial charge < -0.3 is 16.2 Å². The molecule has 2 aliphatic rings. The third-order valence-corrected chi connectivity index (χ3v) is 4.80. The first-order valence-electron chi connectivity index (χ1n) is 7.53. The number of hydrogen-bond donors (Lipinski definition) is 3. The molecule has 0 spiro atoms. The third-order valence-electron chi connectivity index (χ3n) is 4.80. The second-order valence-electron chi connectivity index (χ2n) is 6.05. The lowest BCUT2D eigenvalue weighted by Gasteiger charge is -2.33. The second kappa shape index (κ2) is 5.51. The highest BCUT2D eigenvalue weighted by molar-refractivity contribution is 5.47. The highest BCUT2D eigenvalue weighted by atomic mass is 16.3. The van der Waals surface area contributed by atoms with Crippen LogP contribution in [0, 0.1) is 5.92 Å². The van der Waals surface area contributed by atoms with Crippen LogP contribution in [0.2, 0.25) is 0 Å². The van der Waals surface area contributed by atoms with Crippen LogP contribution < -0.4 is 11.1 Å². The summed E-state index contributed by atoms with van der Waals surface area (Å²) >= 11 is 0. The molecule has 3 heteroatoms. The first kappa shape index (κ1) is 12.9. The maximum atomic E-state index is 9.51. The number of aryl methyl sites for hydroxylation is 1. The molecule has 0 saturated heterocycles. The zero-order chi connectivity index (χ0) is 13.2. The molecule has 2 aliphatic carbocycles. The van der Waals surface area contributed by atoms with Gasteiger partial charge in [-0.25, -0.2) is 0 Å². The number of nitrogens with two attached hydrogens (primary N) is 1. The van der Waals surface area contributed by atoms with Crippen molar-refractivity contribution in [1.82, 2.24) is 5.32 Å². The molecule has 0 aromatic heterocycles. The van der Waals surface area contributed by atoms with Crippen LogP contribution in [0.15, 0.2) is 18.2 Å². The Morgan fingerprint density at radius 1 is 1.21 bits per heavy atom. The van der Waals surface area contributed by atoms with Crippen molar-refractivity contribution in [3.8, 4) is 0 Å². The highest BCUT2D eigenvalue weighted by Gasteiger charge is 2.29. The summed E-state index contributed by atoms with van der Waals surface area (Å²) in [5.74, 6) is 0.437. The molecule has 104 valence electrons. The van der Waals surface area contributed by atoms with Crippen molar-refractivity contribution < 1.29 is 5.11 Å². The Bertz CT molecular complexity index is 446. The summed E-state index contributed by atoms with van der Waals surface area (Å²) < 4.78 is 0. The van der Waals surface area contributed by atoms with Crippen LogP contribution in [0.1, 0.15) is 49.3 Å². The minimum atomic E-state index is 0.318. The largest absolute Gasteiger partial charge is 0.399 e. The number of nitrogens with one attached hydrogen (secondary N) is 1. The summed E-state index contributed by atoms with van der Waals surface area (Å²) in [5.41, 5.74) is 9.53. The van der Waals surface area contributed by atoms with Crippen LogP contribution in [0.3, 0.4) is 0 Å². The minimum Gasteiger partial charge on any atom is -0.399 e. The lowest BCUT2D eigenvalue weighted by Crippen LogP contribution is -2.41. The maximum Gasteiger partial charge on any atom is 0.0474 e. The molecule has 1 aromatic carbocycles. The molecule has 0 heterocycles. The van der Waals surface area contributed by atoms with E-state index in [-0.39, 0.29) is 0 Å². The van der Waals surface area contributed by atoms with Gasteiger partial charge in [0, 0.05) is 24.4 Å². The van der Waals surface area contributed by atoms with Gasteiger partial charge in [0.1, 0.15) is 0 Å². The van der Waals surface area contributed by atoms with E-state index in [0.717, 1.165) is 24.9 Å². The average molecular weight is 260 g/mol. The number of fused-ring (bicyclic) bond motifs is 1. The van der Waals surface area contributed by atoms with Crippen molar-refractivity contribution in [2.45, 2.75) is 50.6 Å². The quantitative estimate of drug-likeness (QED) is 0.731. The standard InChI is InChI=1S/C16H24N2O/c17-13-6-7-14-11(9-13)5-8-16(14)18-15-4-2-1-3-12(15)10-19/h6-7,9,12,15-16,18-19H,1-5,8,10,17H2. The summed E-state index contributed by atoms with van der Waals surface area (Å²) in [7, 11) is 0. The lowest BCUT2D eigenvalue weighted by molar-refractivity contribution is 0.145. The molecule has 1 aromatic rings. The Labute approximate surface area is 115 Å². The molecule has 0 radical (unpaired) electrons. The van der Waals surface area contributed by atoms with E-state index >= 15 is 0 Å². The van der Waals surface area contributed by atoms with Gasteiger partial charge in [-0.15, -0.1) is 0 Å².